The lowest BCUT2D eigenvalue weighted by Crippen LogP contribution is -2.30. The first-order chi connectivity index (χ1) is 8.69. The van der Waals surface area contributed by atoms with E-state index in [2.05, 4.69) is 22.5 Å². The largest absolute Gasteiger partial charge is 0.335 e. The maximum absolute atomic E-state index is 11.6. The molecule has 5 heteroatoms. The summed E-state index contributed by atoms with van der Waals surface area (Å²) in [7, 11) is 0. The number of amides is 2. The van der Waals surface area contributed by atoms with Crippen LogP contribution < -0.4 is 16.4 Å². The lowest BCUT2D eigenvalue weighted by Gasteiger charge is -2.07. The van der Waals surface area contributed by atoms with E-state index in [0.29, 0.717) is 22.3 Å². The molecule has 2 amide bonds. The summed E-state index contributed by atoms with van der Waals surface area (Å²) in [5, 5.41) is 6.14. The number of nitrogens with two attached hydrogens (primary N) is 1. The van der Waals surface area contributed by atoms with E-state index in [0.717, 1.165) is 12.8 Å². The smallest absolute Gasteiger partial charge is 0.319 e. The van der Waals surface area contributed by atoms with Crippen LogP contribution in [0.1, 0.15) is 18.4 Å². The highest BCUT2D eigenvalue weighted by Gasteiger charge is 2.23. The molecule has 2 rings (SSSR count). The summed E-state index contributed by atoms with van der Waals surface area (Å²) >= 11 is 5.99. The second-order valence-electron chi connectivity index (χ2n) is 4.07. The van der Waals surface area contributed by atoms with Gasteiger partial charge in [0.2, 0.25) is 0 Å². The summed E-state index contributed by atoms with van der Waals surface area (Å²) in [6, 6.07) is 5.31. The van der Waals surface area contributed by atoms with Gasteiger partial charge < -0.3 is 16.4 Å². The normalized spacial score (nSPS) is 13.4. The lowest BCUT2D eigenvalue weighted by molar-refractivity contribution is 0.251. The number of carbonyl (C=O) groups is 1. The fourth-order valence-electron chi connectivity index (χ4n) is 1.43. The van der Waals surface area contributed by atoms with Gasteiger partial charge in [0.05, 0.1) is 11.6 Å². The van der Waals surface area contributed by atoms with Crippen LogP contribution in [0.2, 0.25) is 5.02 Å². The molecular formula is C13H14ClN3O. The van der Waals surface area contributed by atoms with Gasteiger partial charge in [0.1, 0.15) is 0 Å². The van der Waals surface area contributed by atoms with Crippen molar-refractivity contribution < 1.29 is 4.79 Å². The van der Waals surface area contributed by atoms with Gasteiger partial charge in [-0.25, -0.2) is 4.79 Å². The Labute approximate surface area is 111 Å². The first-order valence-electron chi connectivity index (χ1n) is 5.75. The quantitative estimate of drug-likeness (QED) is 0.714. The molecule has 94 valence electrons. The molecule has 1 aliphatic rings. The van der Waals surface area contributed by atoms with Gasteiger partial charge in [-0.1, -0.05) is 23.4 Å². The highest BCUT2D eigenvalue weighted by molar-refractivity contribution is 6.31. The Bertz CT molecular complexity index is 515. The molecule has 18 heavy (non-hydrogen) atoms. The number of halogens is 1. The van der Waals surface area contributed by atoms with Gasteiger partial charge in [-0.05, 0) is 31.0 Å². The topological polar surface area (TPSA) is 67.1 Å². The third-order valence-electron chi connectivity index (χ3n) is 2.46. The van der Waals surface area contributed by atoms with Crippen LogP contribution in [0, 0.1) is 11.8 Å². The summed E-state index contributed by atoms with van der Waals surface area (Å²) in [4.78, 5) is 11.6. The van der Waals surface area contributed by atoms with E-state index in [4.69, 9.17) is 17.3 Å². The maximum Gasteiger partial charge on any atom is 0.319 e. The summed E-state index contributed by atoms with van der Waals surface area (Å²) in [6.07, 6.45) is 2.11. The molecule has 1 saturated carbocycles. The minimum Gasteiger partial charge on any atom is -0.335 e. The zero-order chi connectivity index (χ0) is 13.0. The average Bonchev–Trinajstić information content (AvgIpc) is 3.13. The number of rotatable bonds is 2. The summed E-state index contributed by atoms with van der Waals surface area (Å²) in [5.41, 5.74) is 6.63. The molecule has 1 fully saturated rings. The van der Waals surface area contributed by atoms with Crippen LogP contribution in [0.4, 0.5) is 10.5 Å². The fraction of sp³-hybridized carbons (Fsp3) is 0.308. The molecule has 0 aromatic heterocycles. The van der Waals surface area contributed by atoms with Crippen molar-refractivity contribution in [3.63, 3.8) is 0 Å². The highest BCUT2D eigenvalue weighted by atomic mass is 35.5. The van der Waals surface area contributed by atoms with Crippen molar-refractivity contribution in [3.8, 4) is 11.8 Å². The van der Waals surface area contributed by atoms with Crippen molar-refractivity contribution in [3.05, 3.63) is 28.8 Å². The van der Waals surface area contributed by atoms with Crippen molar-refractivity contribution in [2.24, 2.45) is 5.73 Å². The van der Waals surface area contributed by atoms with E-state index in [-0.39, 0.29) is 12.6 Å². The van der Waals surface area contributed by atoms with E-state index in [1.165, 1.54) is 0 Å². The van der Waals surface area contributed by atoms with Crippen LogP contribution in [-0.2, 0) is 0 Å². The molecule has 0 unspecified atom stereocenters. The van der Waals surface area contributed by atoms with Gasteiger partial charge in [-0.15, -0.1) is 0 Å². The standard InChI is InChI=1S/C13H14ClN3O/c14-12-6-5-11(8-9(12)2-1-7-15)17-13(18)16-10-3-4-10/h5-6,8,10H,3-4,7,15H2,(H2,16,17,18). The molecule has 1 aliphatic carbocycles. The number of hydrogen-bond acceptors (Lipinski definition) is 2. The number of nitrogens with one attached hydrogen (secondary N) is 2. The Hall–Kier alpha value is -1.70. The third kappa shape index (κ3) is 3.66. The molecule has 4 nitrogen and oxygen atoms in total. The number of urea groups is 1. The van der Waals surface area contributed by atoms with Crippen LogP contribution in [-0.4, -0.2) is 18.6 Å². The Morgan fingerprint density at radius 3 is 2.94 bits per heavy atom. The molecule has 0 saturated heterocycles. The molecule has 0 bridgehead atoms. The van der Waals surface area contributed by atoms with E-state index in [1.807, 2.05) is 0 Å². The van der Waals surface area contributed by atoms with Crippen LogP contribution in [0.25, 0.3) is 0 Å². The second kappa shape index (κ2) is 5.76. The van der Waals surface area contributed by atoms with Gasteiger partial charge in [-0.3, -0.25) is 0 Å². The molecule has 0 heterocycles. The minimum absolute atomic E-state index is 0.197. The predicted octanol–water partition coefficient (Wildman–Crippen LogP) is 1.93. The molecule has 0 spiro atoms. The molecular weight excluding hydrogens is 250 g/mol. The van der Waals surface area contributed by atoms with Crippen molar-refractivity contribution >= 4 is 23.3 Å². The maximum atomic E-state index is 11.6. The minimum atomic E-state index is -0.197. The van der Waals surface area contributed by atoms with Crippen LogP contribution in [0.5, 0.6) is 0 Å². The van der Waals surface area contributed by atoms with Gasteiger partial charge >= 0.3 is 6.03 Å². The fourth-order valence-corrected chi connectivity index (χ4v) is 1.59. The zero-order valence-corrected chi connectivity index (χ0v) is 10.6. The Kier molecular flexibility index (Phi) is 4.08. The van der Waals surface area contributed by atoms with Gasteiger partial charge in [0.15, 0.2) is 0 Å². The van der Waals surface area contributed by atoms with Crippen LogP contribution in [0.15, 0.2) is 18.2 Å². The van der Waals surface area contributed by atoms with Crippen LogP contribution in [0.3, 0.4) is 0 Å². The number of anilines is 1. The van der Waals surface area contributed by atoms with E-state index >= 15 is 0 Å². The van der Waals surface area contributed by atoms with Crippen molar-refractivity contribution in [1.29, 1.82) is 0 Å². The monoisotopic (exact) mass is 263 g/mol. The molecule has 1 aromatic rings. The molecule has 0 aliphatic heterocycles. The van der Waals surface area contributed by atoms with E-state index < -0.39 is 0 Å². The van der Waals surface area contributed by atoms with Crippen molar-refractivity contribution in [1.82, 2.24) is 5.32 Å². The summed E-state index contributed by atoms with van der Waals surface area (Å²) in [5.74, 6) is 5.59. The van der Waals surface area contributed by atoms with Crippen LogP contribution >= 0.6 is 11.6 Å². The number of benzene rings is 1. The molecule has 4 N–H and O–H groups in total. The van der Waals surface area contributed by atoms with Gasteiger partial charge in [0.25, 0.3) is 0 Å². The Morgan fingerprint density at radius 1 is 1.50 bits per heavy atom. The zero-order valence-electron chi connectivity index (χ0n) is 9.79. The van der Waals surface area contributed by atoms with Gasteiger partial charge in [-0.2, -0.15) is 0 Å². The molecule has 0 atom stereocenters. The molecule has 1 aromatic carbocycles. The van der Waals surface area contributed by atoms with E-state index in [1.54, 1.807) is 18.2 Å². The third-order valence-corrected chi connectivity index (χ3v) is 2.79. The van der Waals surface area contributed by atoms with Crippen molar-refractivity contribution in [2.75, 3.05) is 11.9 Å². The second-order valence-corrected chi connectivity index (χ2v) is 4.48. The first-order valence-corrected chi connectivity index (χ1v) is 6.13. The Morgan fingerprint density at radius 2 is 2.28 bits per heavy atom. The van der Waals surface area contributed by atoms with Gasteiger partial charge in [0, 0.05) is 17.3 Å². The predicted molar refractivity (Wildman–Crippen MR) is 72.6 cm³/mol. The number of carbonyl (C=O) groups excluding carboxylic acids is 1. The van der Waals surface area contributed by atoms with E-state index in [9.17, 15) is 4.79 Å². The summed E-state index contributed by atoms with van der Waals surface area (Å²) < 4.78 is 0. The SMILES string of the molecule is NCC#Cc1cc(NC(=O)NC2CC2)ccc1Cl. The number of hydrogen-bond donors (Lipinski definition) is 3. The Balaban J connectivity index is 2.05. The average molecular weight is 264 g/mol. The highest BCUT2D eigenvalue weighted by Crippen LogP contribution is 2.21. The van der Waals surface area contributed by atoms with Crippen molar-refractivity contribution in [2.45, 2.75) is 18.9 Å². The molecule has 0 radical (unpaired) electrons. The first kappa shape index (κ1) is 12.7. The lowest BCUT2D eigenvalue weighted by atomic mass is 10.2. The summed E-state index contributed by atoms with van der Waals surface area (Å²) in [6.45, 7) is 0.274.